The van der Waals surface area contributed by atoms with Gasteiger partial charge in [0.25, 0.3) is 0 Å². The van der Waals surface area contributed by atoms with Crippen LogP contribution in [0.4, 0.5) is 0 Å². The van der Waals surface area contributed by atoms with Crippen LogP contribution < -0.4 is 5.32 Å². The average molecular weight is 220 g/mol. The third-order valence-electron chi connectivity index (χ3n) is 3.03. The Kier molecular flexibility index (Phi) is 3.85. The molecule has 1 saturated heterocycles. The highest BCUT2D eigenvalue weighted by Gasteiger charge is 2.16. The van der Waals surface area contributed by atoms with Gasteiger partial charge in [-0.3, -0.25) is 0 Å². The summed E-state index contributed by atoms with van der Waals surface area (Å²) < 4.78 is 0. The molecule has 16 heavy (non-hydrogen) atoms. The SMILES string of the molecule is Cc1nccc(CNC2CCCN(C)C2)n1. The van der Waals surface area contributed by atoms with Gasteiger partial charge in [-0.2, -0.15) is 0 Å². The molecule has 0 bridgehead atoms. The first-order chi connectivity index (χ1) is 7.74. The summed E-state index contributed by atoms with van der Waals surface area (Å²) in [6.07, 6.45) is 4.39. The molecule has 1 atom stereocenters. The first-order valence-electron chi connectivity index (χ1n) is 5.94. The number of aryl methyl sites for hydroxylation is 1. The number of hydrogen-bond donors (Lipinski definition) is 1. The van der Waals surface area contributed by atoms with Gasteiger partial charge in [-0.1, -0.05) is 0 Å². The molecule has 2 rings (SSSR count). The van der Waals surface area contributed by atoms with Crippen LogP contribution in [-0.4, -0.2) is 41.0 Å². The van der Waals surface area contributed by atoms with Crippen molar-refractivity contribution in [2.24, 2.45) is 0 Å². The second-order valence-electron chi connectivity index (χ2n) is 4.58. The summed E-state index contributed by atoms with van der Waals surface area (Å²) in [5, 5.41) is 3.56. The maximum atomic E-state index is 4.39. The molecule has 0 amide bonds. The highest BCUT2D eigenvalue weighted by Crippen LogP contribution is 2.08. The summed E-state index contributed by atoms with van der Waals surface area (Å²) in [6, 6.07) is 2.58. The molecule has 0 saturated carbocycles. The van der Waals surface area contributed by atoms with Crippen LogP contribution in [0.15, 0.2) is 12.3 Å². The molecule has 1 aliphatic rings. The van der Waals surface area contributed by atoms with Crippen LogP contribution in [0.2, 0.25) is 0 Å². The van der Waals surface area contributed by atoms with Gasteiger partial charge in [0.15, 0.2) is 0 Å². The van der Waals surface area contributed by atoms with Crippen LogP contribution in [0.5, 0.6) is 0 Å². The summed E-state index contributed by atoms with van der Waals surface area (Å²) in [5.74, 6) is 0.847. The smallest absolute Gasteiger partial charge is 0.125 e. The summed E-state index contributed by atoms with van der Waals surface area (Å²) in [6.45, 7) is 5.15. The van der Waals surface area contributed by atoms with Gasteiger partial charge in [-0.05, 0) is 39.4 Å². The van der Waals surface area contributed by atoms with E-state index >= 15 is 0 Å². The van der Waals surface area contributed by atoms with Crippen LogP contribution in [-0.2, 0) is 6.54 Å². The number of piperidine rings is 1. The van der Waals surface area contributed by atoms with E-state index in [4.69, 9.17) is 0 Å². The number of hydrogen-bond acceptors (Lipinski definition) is 4. The lowest BCUT2D eigenvalue weighted by Gasteiger charge is -2.30. The van der Waals surface area contributed by atoms with E-state index < -0.39 is 0 Å². The third kappa shape index (κ3) is 3.25. The fourth-order valence-electron chi connectivity index (χ4n) is 2.19. The van der Waals surface area contributed by atoms with E-state index in [1.54, 1.807) is 0 Å². The number of likely N-dealkylation sites (tertiary alicyclic amines) is 1. The normalized spacial score (nSPS) is 22.2. The number of nitrogens with one attached hydrogen (secondary N) is 1. The number of aromatic nitrogens is 2. The van der Waals surface area contributed by atoms with Crippen molar-refractivity contribution in [3.05, 3.63) is 23.8 Å². The maximum absolute atomic E-state index is 4.39. The summed E-state index contributed by atoms with van der Waals surface area (Å²) in [5.41, 5.74) is 1.08. The molecule has 1 N–H and O–H groups in total. The number of rotatable bonds is 3. The monoisotopic (exact) mass is 220 g/mol. The van der Waals surface area contributed by atoms with Crippen LogP contribution in [0.3, 0.4) is 0 Å². The Bertz CT molecular complexity index is 340. The Morgan fingerprint density at radius 1 is 1.56 bits per heavy atom. The predicted octanol–water partition coefficient (Wildman–Crippen LogP) is 0.969. The van der Waals surface area contributed by atoms with Crippen molar-refractivity contribution >= 4 is 0 Å². The molecule has 4 nitrogen and oxygen atoms in total. The van der Waals surface area contributed by atoms with Crippen molar-refractivity contribution in [3.8, 4) is 0 Å². The molecule has 0 aliphatic carbocycles. The highest BCUT2D eigenvalue weighted by molar-refractivity contribution is 5.01. The largest absolute Gasteiger partial charge is 0.307 e. The van der Waals surface area contributed by atoms with Crippen molar-refractivity contribution in [3.63, 3.8) is 0 Å². The van der Waals surface area contributed by atoms with Gasteiger partial charge < -0.3 is 10.2 Å². The molecule has 1 aromatic heterocycles. The van der Waals surface area contributed by atoms with Crippen LogP contribution in [0.1, 0.15) is 24.4 Å². The fraction of sp³-hybridized carbons (Fsp3) is 0.667. The second kappa shape index (κ2) is 5.37. The molecule has 1 fully saturated rings. The van der Waals surface area contributed by atoms with Gasteiger partial charge in [0.1, 0.15) is 5.82 Å². The maximum Gasteiger partial charge on any atom is 0.125 e. The molecule has 1 aromatic rings. The lowest BCUT2D eigenvalue weighted by atomic mass is 10.1. The van der Waals surface area contributed by atoms with E-state index in [0.717, 1.165) is 24.6 Å². The molecule has 4 heteroatoms. The standard InChI is InChI=1S/C12H20N4/c1-10-13-6-5-11(15-10)8-14-12-4-3-7-16(2)9-12/h5-6,12,14H,3-4,7-9H2,1-2H3. The van der Waals surface area contributed by atoms with Crippen molar-refractivity contribution in [1.82, 2.24) is 20.2 Å². The first kappa shape index (κ1) is 11.5. The van der Waals surface area contributed by atoms with Gasteiger partial charge in [0.05, 0.1) is 5.69 Å². The molecule has 1 unspecified atom stereocenters. The van der Waals surface area contributed by atoms with E-state index in [9.17, 15) is 0 Å². The van der Waals surface area contributed by atoms with Crippen LogP contribution in [0.25, 0.3) is 0 Å². The van der Waals surface area contributed by atoms with E-state index in [1.807, 2.05) is 19.2 Å². The Balaban J connectivity index is 1.82. The van der Waals surface area contributed by atoms with Crippen LogP contribution in [0, 0.1) is 6.92 Å². The van der Waals surface area contributed by atoms with E-state index in [1.165, 1.54) is 19.4 Å². The fourth-order valence-corrected chi connectivity index (χ4v) is 2.19. The zero-order chi connectivity index (χ0) is 11.4. The molecule has 1 aliphatic heterocycles. The van der Waals surface area contributed by atoms with E-state index in [2.05, 4.69) is 27.2 Å². The molecule has 2 heterocycles. The van der Waals surface area contributed by atoms with Crippen LogP contribution >= 0.6 is 0 Å². The predicted molar refractivity (Wildman–Crippen MR) is 64.1 cm³/mol. The van der Waals surface area contributed by atoms with Gasteiger partial charge in [0.2, 0.25) is 0 Å². The number of nitrogens with zero attached hydrogens (tertiary/aromatic N) is 3. The highest BCUT2D eigenvalue weighted by atomic mass is 15.1. The van der Waals surface area contributed by atoms with Crippen molar-refractivity contribution in [2.75, 3.05) is 20.1 Å². The Hall–Kier alpha value is -1.00. The third-order valence-corrected chi connectivity index (χ3v) is 3.03. The molecule has 0 aromatic carbocycles. The van der Waals surface area contributed by atoms with Crippen molar-refractivity contribution in [1.29, 1.82) is 0 Å². The van der Waals surface area contributed by atoms with Crippen molar-refractivity contribution < 1.29 is 0 Å². The minimum atomic E-state index is 0.606. The minimum absolute atomic E-state index is 0.606. The van der Waals surface area contributed by atoms with Crippen molar-refractivity contribution in [2.45, 2.75) is 32.4 Å². The van der Waals surface area contributed by atoms with E-state index in [0.29, 0.717) is 6.04 Å². The summed E-state index contributed by atoms with van der Waals surface area (Å²) in [4.78, 5) is 10.9. The molecular formula is C12H20N4. The zero-order valence-electron chi connectivity index (χ0n) is 10.1. The lowest BCUT2D eigenvalue weighted by molar-refractivity contribution is 0.226. The second-order valence-corrected chi connectivity index (χ2v) is 4.58. The molecule has 0 radical (unpaired) electrons. The minimum Gasteiger partial charge on any atom is -0.307 e. The quantitative estimate of drug-likeness (QED) is 0.824. The first-order valence-corrected chi connectivity index (χ1v) is 5.94. The Morgan fingerprint density at radius 2 is 2.44 bits per heavy atom. The molecule has 0 spiro atoms. The Labute approximate surface area is 97.1 Å². The topological polar surface area (TPSA) is 41.1 Å². The zero-order valence-corrected chi connectivity index (χ0v) is 10.1. The van der Waals surface area contributed by atoms with Gasteiger partial charge >= 0.3 is 0 Å². The number of likely N-dealkylation sites (N-methyl/N-ethyl adjacent to an activating group) is 1. The Morgan fingerprint density at radius 3 is 3.19 bits per heavy atom. The van der Waals surface area contributed by atoms with Gasteiger partial charge in [0, 0.05) is 25.3 Å². The summed E-state index contributed by atoms with van der Waals surface area (Å²) >= 11 is 0. The lowest BCUT2D eigenvalue weighted by Crippen LogP contribution is -2.43. The van der Waals surface area contributed by atoms with E-state index in [-0.39, 0.29) is 0 Å². The molecule has 88 valence electrons. The van der Waals surface area contributed by atoms with Gasteiger partial charge in [-0.15, -0.1) is 0 Å². The summed E-state index contributed by atoms with van der Waals surface area (Å²) in [7, 11) is 2.18. The average Bonchev–Trinajstić information content (AvgIpc) is 2.27. The molecular weight excluding hydrogens is 200 g/mol. The van der Waals surface area contributed by atoms with Gasteiger partial charge in [-0.25, -0.2) is 9.97 Å².